The second-order valence-electron chi connectivity index (χ2n) is 4.72. The Labute approximate surface area is 123 Å². The van der Waals surface area contributed by atoms with Crippen molar-refractivity contribution in [3.05, 3.63) is 52.5 Å². The maximum absolute atomic E-state index is 6.17. The van der Waals surface area contributed by atoms with Gasteiger partial charge in [0.25, 0.3) is 0 Å². The van der Waals surface area contributed by atoms with Gasteiger partial charge in [-0.3, -0.25) is 0 Å². The lowest BCUT2D eigenvalue weighted by Crippen LogP contribution is -2.00. The smallest absolute Gasteiger partial charge is 0.231 e. The zero-order chi connectivity index (χ0) is 13.9. The lowest BCUT2D eigenvalue weighted by atomic mass is 10.1. The molecule has 0 aliphatic carbocycles. The quantitative estimate of drug-likeness (QED) is 0.913. The Morgan fingerprint density at radius 1 is 1.15 bits per heavy atom. The highest BCUT2D eigenvalue weighted by atomic mass is 35.5. The van der Waals surface area contributed by atoms with Crippen molar-refractivity contribution in [2.75, 3.05) is 12.1 Å². The third kappa shape index (κ3) is 2.68. The number of halogens is 1. The van der Waals surface area contributed by atoms with Crippen LogP contribution in [0.4, 0.5) is 5.69 Å². The normalized spacial score (nSPS) is 12.5. The molecule has 0 fully saturated rings. The molecule has 0 amide bonds. The van der Waals surface area contributed by atoms with Crippen LogP contribution < -0.4 is 14.8 Å². The van der Waals surface area contributed by atoms with Crippen molar-refractivity contribution in [1.82, 2.24) is 0 Å². The van der Waals surface area contributed by atoms with Crippen molar-refractivity contribution < 1.29 is 9.47 Å². The summed E-state index contributed by atoms with van der Waals surface area (Å²) in [4.78, 5) is 0. The fourth-order valence-corrected chi connectivity index (χ4v) is 2.52. The summed E-state index contributed by atoms with van der Waals surface area (Å²) in [6.07, 6.45) is 1.03. The maximum Gasteiger partial charge on any atom is 0.231 e. The van der Waals surface area contributed by atoms with Gasteiger partial charge in [0.2, 0.25) is 6.79 Å². The van der Waals surface area contributed by atoms with E-state index in [1.807, 2.05) is 12.1 Å². The molecule has 1 heterocycles. The summed E-state index contributed by atoms with van der Waals surface area (Å²) in [7, 11) is 0. The maximum atomic E-state index is 6.17. The molecule has 104 valence electrons. The number of hydrogen-bond acceptors (Lipinski definition) is 3. The van der Waals surface area contributed by atoms with Crippen LogP contribution in [0.15, 0.2) is 36.4 Å². The molecule has 0 saturated heterocycles. The molecule has 2 aromatic carbocycles. The Morgan fingerprint density at radius 2 is 2.05 bits per heavy atom. The molecule has 2 aromatic rings. The zero-order valence-electron chi connectivity index (χ0n) is 11.3. The number of anilines is 1. The molecule has 0 bridgehead atoms. The number of hydrogen-bond donors (Lipinski definition) is 1. The first-order valence-corrected chi connectivity index (χ1v) is 7.05. The van der Waals surface area contributed by atoms with Crippen LogP contribution in [0.1, 0.15) is 18.1 Å². The summed E-state index contributed by atoms with van der Waals surface area (Å²) < 4.78 is 10.7. The van der Waals surface area contributed by atoms with Crippen LogP contribution in [0.2, 0.25) is 5.02 Å². The number of rotatable bonds is 4. The SMILES string of the molecule is CCc1cccc(NCc2cc(Cl)c3c(c2)OCO3)c1. The highest BCUT2D eigenvalue weighted by Crippen LogP contribution is 2.39. The summed E-state index contributed by atoms with van der Waals surface area (Å²) in [6.45, 7) is 3.09. The minimum Gasteiger partial charge on any atom is -0.454 e. The molecule has 4 heteroatoms. The molecular weight excluding hydrogens is 274 g/mol. The molecule has 1 aliphatic heterocycles. The number of fused-ring (bicyclic) bond motifs is 1. The van der Waals surface area contributed by atoms with Crippen LogP contribution >= 0.6 is 11.6 Å². The van der Waals surface area contributed by atoms with E-state index in [-0.39, 0.29) is 6.79 Å². The van der Waals surface area contributed by atoms with Crippen molar-refractivity contribution in [1.29, 1.82) is 0 Å². The first-order chi connectivity index (χ1) is 9.76. The van der Waals surface area contributed by atoms with E-state index in [4.69, 9.17) is 21.1 Å². The second kappa shape index (κ2) is 5.63. The van der Waals surface area contributed by atoms with Gasteiger partial charge in [0.15, 0.2) is 11.5 Å². The molecule has 0 spiro atoms. The van der Waals surface area contributed by atoms with Crippen molar-refractivity contribution >= 4 is 17.3 Å². The fourth-order valence-electron chi connectivity index (χ4n) is 2.23. The molecule has 1 N–H and O–H groups in total. The van der Waals surface area contributed by atoms with Crippen LogP contribution in [0.25, 0.3) is 0 Å². The molecule has 1 aliphatic rings. The van der Waals surface area contributed by atoms with E-state index in [0.29, 0.717) is 17.3 Å². The first-order valence-electron chi connectivity index (χ1n) is 6.67. The van der Waals surface area contributed by atoms with E-state index in [0.717, 1.165) is 23.4 Å². The predicted octanol–water partition coefficient (Wildman–Crippen LogP) is 4.24. The van der Waals surface area contributed by atoms with E-state index in [1.165, 1.54) is 5.56 Å². The van der Waals surface area contributed by atoms with Crippen molar-refractivity contribution in [3.8, 4) is 11.5 Å². The molecule has 0 unspecified atom stereocenters. The molecule has 3 nitrogen and oxygen atoms in total. The van der Waals surface area contributed by atoms with E-state index in [1.54, 1.807) is 0 Å². The number of benzene rings is 2. The van der Waals surface area contributed by atoms with Gasteiger partial charge in [-0.2, -0.15) is 0 Å². The minimum absolute atomic E-state index is 0.241. The van der Waals surface area contributed by atoms with Gasteiger partial charge in [0, 0.05) is 12.2 Å². The molecule has 3 rings (SSSR count). The molecule has 20 heavy (non-hydrogen) atoms. The van der Waals surface area contributed by atoms with Gasteiger partial charge >= 0.3 is 0 Å². The second-order valence-corrected chi connectivity index (χ2v) is 5.13. The summed E-state index contributed by atoms with van der Waals surface area (Å²) in [5.41, 5.74) is 3.50. The summed E-state index contributed by atoms with van der Waals surface area (Å²) >= 11 is 6.17. The Balaban J connectivity index is 1.73. The number of aryl methyl sites for hydroxylation is 1. The molecular formula is C16H16ClNO2. The van der Waals surface area contributed by atoms with Crippen molar-refractivity contribution in [2.24, 2.45) is 0 Å². The highest BCUT2D eigenvalue weighted by Gasteiger charge is 2.18. The summed E-state index contributed by atoms with van der Waals surface area (Å²) in [5.74, 6) is 1.36. The van der Waals surface area contributed by atoms with Crippen LogP contribution in [-0.2, 0) is 13.0 Å². The molecule has 0 aromatic heterocycles. The number of nitrogens with one attached hydrogen (secondary N) is 1. The largest absolute Gasteiger partial charge is 0.454 e. The standard InChI is InChI=1S/C16H16ClNO2/c1-2-11-4-3-5-13(6-11)18-9-12-7-14(17)16-15(8-12)19-10-20-16/h3-8,18H,2,9-10H2,1H3. The van der Waals surface area contributed by atoms with Gasteiger partial charge in [0.05, 0.1) is 5.02 Å². The lowest BCUT2D eigenvalue weighted by molar-refractivity contribution is 0.174. The van der Waals surface area contributed by atoms with Crippen molar-refractivity contribution in [2.45, 2.75) is 19.9 Å². The minimum atomic E-state index is 0.241. The Kier molecular flexibility index (Phi) is 3.70. The topological polar surface area (TPSA) is 30.5 Å². The Morgan fingerprint density at radius 3 is 2.90 bits per heavy atom. The van der Waals surface area contributed by atoms with Gasteiger partial charge in [-0.25, -0.2) is 0 Å². The van der Waals surface area contributed by atoms with Gasteiger partial charge in [-0.1, -0.05) is 30.7 Å². The van der Waals surface area contributed by atoms with Gasteiger partial charge < -0.3 is 14.8 Å². The van der Waals surface area contributed by atoms with Gasteiger partial charge in [0.1, 0.15) is 0 Å². The van der Waals surface area contributed by atoms with Crippen LogP contribution in [0, 0.1) is 0 Å². The van der Waals surface area contributed by atoms with Crippen LogP contribution in [-0.4, -0.2) is 6.79 Å². The lowest BCUT2D eigenvalue weighted by Gasteiger charge is -2.09. The highest BCUT2D eigenvalue weighted by molar-refractivity contribution is 6.32. The molecule has 0 atom stereocenters. The average molecular weight is 290 g/mol. The van der Waals surface area contributed by atoms with E-state index in [2.05, 4.69) is 36.5 Å². The van der Waals surface area contributed by atoms with E-state index < -0.39 is 0 Å². The average Bonchev–Trinajstić information content (AvgIpc) is 2.94. The molecule has 0 saturated carbocycles. The third-order valence-electron chi connectivity index (χ3n) is 3.32. The third-order valence-corrected chi connectivity index (χ3v) is 3.60. The van der Waals surface area contributed by atoms with Crippen molar-refractivity contribution in [3.63, 3.8) is 0 Å². The monoisotopic (exact) mass is 289 g/mol. The van der Waals surface area contributed by atoms with Crippen LogP contribution in [0.5, 0.6) is 11.5 Å². The van der Waals surface area contributed by atoms with Gasteiger partial charge in [-0.15, -0.1) is 0 Å². The van der Waals surface area contributed by atoms with E-state index >= 15 is 0 Å². The number of ether oxygens (including phenoxy) is 2. The summed E-state index contributed by atoms with van der Waals surface area (Å²) in [6, 6.07) is 12.3. The van der Waals surface area contributed by atoms with E-state index in [9.17, 15) is 0 Å². The van der Waals surface area contributed by atoms with Crippen LogP contribution in [0.3, 0.4) is 0 Å². The zero-order valence-corrected chi connectivity index (χ0v) is 12.0. The molecule has 0 radical (unpaired) electrons. The first kappa shape index (κ1) is 13.1. The Hall–Kier alpha value is -1.87. The Bertz CT molecular complexity index is 628. The predicted molar refractivity (Wildman–Crippen MR) is 80.7 cm³/mol. The summed E-state index contributed by atoms with van der Waals surface area (Å²) in [5, 5.41) is 4.00. The fraction of sp³-hybridized carbons (Fsp3) is 0.250. The van der Waals surface area contributed by atoms with Gasteiger partial charge in [-0.05, 0) is 41.8 Å².